The van der Waals surface area contributed by atoms with Crippen LogP contribution >= 0.6 is 11.6 Å². The summed E-state index contributed by atoms with van der Waals surface area (Å²) in [4.78, 5) is 13.1. The Morgan fingerprint density at radius 1 is 1.40 bits per heavy atom. The van der Waals surface area contributed by atoms with Gasteiger partial charge in [-0.05, 0) is 11.6 Å². The first kappa shape index (κ1) is 10.1. The fraction of sp³-hybridized carbons (Fsp3) is 0.444. The zero-order valence-electron chi connectivity index (χ0n) is 7.98. The second-order valence-electron chi connectivity index (χ2n) is 3.06. The molecule has 1 aromatic heterocycles. The van der Waals surface area contributed by atoms with Gasteiger partial charge in [-0.15, -0.1) is 16.5 Å². The number of nitrogens with zero attached hydrogens (tertiary/aromatic N) is 4. The highest BCUT2D eigenvalue weighted by molar-refractivity contribution is 6.29. The third kappa shape index (κ3) is 2.35. The zero-order valence-corrected chi connectivity index (χ0v) is 8.74. The van der Waals surface area contributed by atoms with Crippen molar-refractivity contribution < 1.29 is 4.74 Å². The van der Waals surface area contributed by atoms with E-state index in [1.165, 1.54) is 0 Å². The van der Waals surface area contributed by atoms with Gasteiger partial charge in [-0.1, -0.05) is 0 Å². The molecule has 0 unspecified atom stereocenters. The standard InChI is InChI=1S/C9H9ClN4O/c1-11-9-12-7(10)6-8(13-9)14-2-4-15-5-3-14/h6H,2-5H2. The molecule has 78 valence electrons. The number of halogens is 1. The summed E-state index contributed by atoms with van der Waals surface area (Å²) in [6.45, 7) is 9.74. The molecule has 1 aliphatic rings. The van der Waals surface area contributed by atoms with Crippen molar-refractivity contribution in [2.75, 3.05) is 31.2 Å². The van der Waals surface area contributed by atoms with Gasteiger partial charge in [0, 0.05) is 19.2 Å². The SMILES string of the molecule is [C-]#[N+]c1nc(Cl)cc(N2CCOCC2)n1. The quantitative estimate of drug-likeness (QED) is 0.536. The van der Waals surface area contributed by atoms with Gasteiger partial charge in [0.15, 0.2) is 11.0 Å². The Morgan fingerprint density at radius 3 is 2.80 bits per heavy atom. The van der Waals surface area contributed by atoms with E-state index in [0.717, 1.165) is 13.1 Å². The smallest absolute Gasteiger partial charge is 0.374 e. The van der Waals surface area contributed by atoms with Crippen LogP contribution in [0.15, 0.2) is 6.07 Å². The van der Waals surface area contributed by atoms with E-state index in [2.05, 4.69) is 14.8 Å². The van der Waals surface area contributed by atoms with E-state index in [9.17, 15) is 0 Å². The molecule has 1 aliphatic heterocycles. The average molecular weight is 225 g/mol. The van der Waals surface area contributed by atoms with E-state index < -0.39 is 0 Å². The van der Waals surface area contributed by atoms with Crippen LogP contribution in [0, 0.1) is 6.57 Å². The maximum Gasteiger partial charge on any atom is 0.374 e. The predicted molar refractivity (Wildman–Crippen MR) is 56.3 cm³/mol. The van der Waals surface area contributed by atoms with E-state index >= 15 is 0 Å². The van der Waals surface area contributed by atoms with E-state index in [1.54, 1.807) is 6.07 Å². The average Bonchev–Trinajstić information content (AvgIpc) is 2.29. The van der Waals surface area contributed by atoms with Gasteiger partial charge in [0.05, 0.1) is 13.2 Å². The molecule has 6 heteroatoms. The Labute approximate surface area is 92.5 Å². The first-order chi connectivity index (χ1) is 7.29. The van der Waals surface area contributed by atoms with Crippen LogP contribution in [0.1, 0.15) is 0 Å². The molecule has 1 saturated heterocycles. The molecule has 0 bridgehead atoms. The van der Waals surface area contributed by atoms with Crippen molar-refractivity contribution in [2.45, 2.75) is 0 Å². The Morgan fingerprint density at radius 2 is 2.13 bits per heavy atom. The van der Waals surface area contributed by atoms with Crippen molar-refractivity contribution in [2.24, 2.45) is 0 Å². The van der Waals surface area contributed by atoms with Crippen LogP contribution in [0.5, 0.6) is 0 Å². The van der Waals surface area contributed by atoms with Gasteiger partial charge in [0.2, 0.25) is 0 Å². The Hall–Kier alpha value is -1.38. The Balaban J connectivity index is 2.27. The van der Waals surface area contributed by atoms with Crippen LogP contribution < -0.4 is 4.90 Å². The molecular weight excluding hydrogens is 216 g/mol. The second kappa shape index (κ2) is 4.43. The molecule has 0 aliphatic carbocycles. The van der Waals surface area contributed by atoms with Crippen molar-refractivity contribution in [3.8, 4) is 0 Å². The molecule has 1 fully saturated rings. The zero-order chi connectivity index (χ0) is 10.7. The lowest BCUT2D eigenvalue weighted by Crippen LogP contribution is -2.36. The highest BCUT2D eigenvalue weighted by Gasteiger charge is 2.16. The van der Waals surface area contributed by atoms with E-state index in [-0.39, 0.29) is 5.95 Å². The van der Waals surface area contributed by atoms with Gasteiger partial charge < -0.3 is 14.5 Å². The summed E-state index contributed by atoms with van der Waals surface area (Å²) < 4.78 is 5.23. The Bertz CT molecular complexity index is 398. The normalized spacial score (nSPS) is 16.1. The predicted octanol–water partition coefficient (Wildman–Crippen LogP) is 1.52. The Kier molecular flexibility index (Phi) is 2.99. The lowest BCUT2D eigenvalue weighted by molar-refractivity contribution is 0.122. The monoisotopic (exact) mass is 224 g/mol. The number of hydrogen-bond donors (Lipinski definition) is 0. The number of ether oxygens (including phenoxy) is 1. The highest BCUT2D eigenvalue weighted by atomic mass is 35.5. The molecular formula is C9H9ClN4O. The summed E-state index contributed by atoms with van der Waals surface area (Å²) >= 11 is 5.80. The van der Waals surface area contributed by atoms with Crippen molar-refractivity contribution in [1.29, 1.82) is 0 Å². The van der Waals surface area contributed by atoms with Gasteiger partial charge >= 0.3 is 5.95 Å². The third-order valence-electron chi connectivity index (χ3n) is 2.10. The number of hydrogen-bond acceptors (Lipinski definition) is 4. The van der Waals surface area contributed by atoms with E-state index in [0.29, 0.717) is 24.2 Å². The van der Waals surface area contributed by atoms with Gasteiger partial charge in [-0.25, -0.2) is 0 Å². The van der Waals surface area contributed by atoms with Crippen LogP contribution in [0.3, 0.4) is 0 Å². The van der Waals surface area contributed by atoms with Gasteiger partial charge in [0.25, 0.3) is 0 Å². The third-order valence-corrected chi connectivity index (χ3v) is 2.30. The van der Waals surface area contributed by atoms with Crippen molar-refractivity contribution in [3.63, 3.8) is 0 Å². The first-order valence-electron chi connectivity index (χ1n) is 4.54. The van der Waals surface area contributed by atoms with Crippen molar-refractivity contribution in [1.82, 2.24) is 9.97 Å². The molecule has 0 N–H and O–H groups in total. The van der Waals surface area contributed by atoms with Gasteiger partial charge in [-0.2, -0.15) is 0 Å². The molecule has 15 heavy (non-hydrogen) atoms. The summed E-state index contributed by atoms with van der Waals surface area (Å²) in [5, 5.41) is 0.303. The van der Waals surface area contributed by atoms with Crippen molar-refractivity contribution >= 4 is 23.4 Å². The number of aromatic nitrogens is 2. The summed E-state index contributed by atoms with van der Waals surface area (Å²) in [7, 11) is 0. The molecule has 2 rings (SSSR count). The lowest BCUT2D eigenvalue weighted by Gasteiger charge is -2.26. The first-order valence-corrected chi connectivity index (χ1v) is 4.92. The molecule has 1 aromatic rings. The molecule has 0 atom stereocenters. The van der Waals surface area contributed by atoms with Crippen LogP contribution in [0.2, 0.25) is 5.15 Å². The molecule has 5 nitrogen and oxygen atoms in total. The largest absolute Gasteiger partial charge is 0.394 e. The van der Waals surface area contributed by atoms with Crippen LogP contribution in [-0.4, -0.2) is 36.3 Å². The molecule has 0 saturated carbocycles. The maximum absolute atomic E-state index is 6.85. The van der Waals surface area contributed by atoms with Crippen molar-refractivity contribution in [3.05, 3.63) is 22.6 Å². The topological polar surface area (TPSA) is 42.6 Å². The molecule has 2 heterocycles. The molecule has 0 radical (unpaired) electrons. The minimum Gasteiger partial charge on any atom is -0.394 e. The molecule has 0 amide bonds. The lowest BCUT2D eigenvalue weighted by atomic mass is 10.4. The van der Waals surface area contributed by atoms with Gasteiger partial charge in [-0.3, -0.25) is 0 Å². The number of anilines is 1. The van der Waals surface area contributed by atoms with E-state index in [4.69, 9.17) is 22.9 Å². The van der Waals surface area contributed by atoms with E-state index in [1.807, 2.05) is 4.90 Å². The molecule has 0 spiro atoms. The minimum absolute atomic E-state index is 0.0870. The summed E-state index contributed by atoms with van der Waals surface area (Å²) in [6, 6.07) is 1.67. The van der Waals surface area contributed by atoms with Crippen LogP contribution in [0.4, 0.5) is 11.8 Å². The maximum atomic E-state index is 6.85. The second-order valence-corrected chi connectivity index (χ2v) is 3.45. The van der Waals surface area contributed by atoms with Gasteiger partial charge in [0.1, 0.15) is 0 Å². The minimum atomic E-state index is 0.0870. The highest BCUT2D eigenvalue weighted by Crippen LogP contribution is 2.20. The fourth-order valence-corrected chi connectivity index (χ4v) is 1.57. The summed E-state index contributed by atoms with van der Waals surface area (Å²) in [5.41, 5.74) is 0. The van der Waals surface area contributed by atoms with Crippen LogP contribution in [-0.2, 0) is 4.74 Å². The fourth-order valence-electron chi connectivity index (χ4n) is 1.40. The summed E-state index contributed by atoms with van der Waals surface area (Å²) in [5.74, 6) is 0.785. The van der Waals surface area contributed by atoms with Crippen LogP contribution in [0.25, 0.3) is 4.85 Å². The molecule has 0 aromatic carbocycles. The summed E-state index contributed by atoms with van der Waals surface area (Å²) in [6.07, 6.45) is 0. The number of morpholine rings is 1. The number of rotatable bonds is 1.